The smallest absolute Gasteiger partial charge is 0.136 e. The number of rotatable bonds is 2. The quantitative estimate of drug-likeness (QED) is 0.718. The molecule has 14 heavy (non-hydrogen) atoms. The summed E-state index contributed by atoms with van der Waals surface area (Å²) in [5, 5.41) is 0. The van der Waals surface area contributed by atoms with Crippen molar-refractivity contribution in [3.05, 3.63) is 18.2 Å². The summed E-state index contributed by atoms with van der Waals surface area (Å²) in [5.41, 5.74) is 0. The maximum absolute atomic E-state index is 11.4. The summed E-state index contributed by atoms with van der Waals surface area (Å²) in [6.45, 7) is 5.06. The van der Waals surface area contributed by atoms with Crippen LogP contribution in [0.1, 0.15) is 38.4 Å². The predicted octanol–water partition coefficient (Wildman–Crippen LogP) is 1.99. The van der Waals surface area contributed by atoms with Crippen LogP contribution in [-0.2, 0) is 11.3 Å². The van der Waals surface area contributed by atoms with Crippen LogP contribution >= 0.6 is 0 Å². The Labute approximate surface area is 84.1 Å². The number of carbonyl (C=O) groups excluding carboxylic acids is 1. The van der Waals surface area contributed by atoms with Crippen molar-refractivity contribution in [2.75, 3.05) is 0 Å². The third-order valence-electron chi connectivity index (χ3n) is 3.23. The summed E-state index contributed by atoms with van der Waals surface area (Å²) in [7, 11) is 0. The third-order valence-corrected chi connectivity index (χ3v) is 3.23. The standard InChI is InChI=1S/C11H16N2O/c1-3-13-7-6-12-11(13)9-4-5-10(14)8(9)2/h6-9H,3-5H2,1-2H3. The minimum absolute atomic E-state index is 0.155. The Morgan fingerprint density at radius 3 is 3.00 bits per heavy atom. The predicted molar refractivity (Wildman–Crippen MR) is 54.0 cm³/mol. The van der Waals surface area contributed by atoms with Gasteiger partial charge in [-0.3, -0.25) is 4.79 Å². The fraction of sp³-hybridized carbons (Fsp3) is 0.636. The molecule has 1 aliphatic carbocycles. The zero-order chi connectivity index (χ0) is 10.1. The van der Waals surface area contributed by atoms with Crippen molar-refractivity contribution in [1.82, 2.24) is 9.55 Å². The van der Waals surface area contributed by atoms with Crippen LogP contribution in [0, 0.1) is 5.92 Å². The lowest BCUT2D eigenvalue weighted by Gasteiger charge is -2.14. The van der Waals surface area contributed by atoms with E-state index in [1.54, 1.807) is 0 Å². The minimum atomic E-state index is 0.155. The first-order valence-electron chi connectivity index (χ1n) is 5.27. The van der Waals surface area contributed by atoms with Crippen molar-refractivity contribution in [1.29, 1.82) is 0 Å². The Morgan fingerprint density at radius 2 is 2.43 bits per heavy atom. The highest BCUT2D eigenvalue weighted by molar-refractivity contribution is 5.83. The number of aromatic nitrogens is 2. The largest absolute Gasteiger partial charge is 0.335 e. The first-order valence-corrected chi connectivity index (χ1v) is 5.27. The van der Waals surface area contributed by atoms with E-state index in [-0.39, 0.29) is 5.92 Å². The normalized spacial score (nSPS) is 27.1. The molecule has 1 heterocycles. The van der Waals surface area contributed by atoms with E-state index in [0.717, 1.165) is 25.2 Å². The SMILES string of the molecule is CCn1ccnc1C1CCC(=O)C1C. The molecule has 0 amide bonds. The fourth-order valence-electron chi connectivity index (χ4n) is 2.27. The highest BCUT2D eigenvalue weighted by Crippen LogP contribution is 2.35. The molecular weight excluding hydrogens is 176 g/mol. The van der Waals surface area contributed by atoms with Gasteiger partial charge in [-0.1, -0.05) is 6.92 Å². The van der Waals surface area contributed by atoms with Gasteiger partial charge in [-0.05, 0) is 13.3 Å². The highest BCUT2D eigenvalue weighted by atomic mass is 16.1. The van der Waals surface area contributed by atoms with E-state index in [1.807, 2.05) is 19.3 Å². The number of aryl methyl sites for hydroxylation is 1. The van der Waals surface area contributed by atoms with Gasteiger partial charge in [0.15, 0.2) is 0 Å². The number of imidazole rings is 1. The molecule has 0 spiro atoms. The van der Waals surface area contributed by atoms with Crippen LogP contribution in [0.15, 0.2) is 12.4 Å². The van der Waals surface area contributed by atoms with Crippen molar-refractivity contribution in [3.8, 4) is 0 Å². The topological polar surface area (TPSA) is 34.9 Å². The van der Waals surface area contributed by atoms with Gasteiger partial charge < -0.3 is 4.57 Å². The zero-order valence-corrected chi connectivity index (χ0v) is 8.73. The summed E-state index contributed by atoms with van der Waals surface area (Å²) in [6.07, 6.45) is 5.51. The van der Waals surface area contributed by atoms with E-state index < -0.39 is 0 Å². The molecule has 76 valence electrons. The lowest BCUT2D eigenvalue weighted by molar-refractivity contribution is -0.120. The Balaban J connectivity index is 2.27. The molecule has 0 aromatic carbocycles. The fourth-order valence-corrected chi connectivity index (χ4v) is 2.27. The summed E-state index contributed by atoms with van der Waals surface area (Å²) in [5.74, 6) is 1.98. The average molecular weight is 192 g/mol. The van der Waals surface area contributed by atoms with Gasteiger partial charge in [-0.15, -0.1) is 0 Å². The van der Waals surface area contributed by atoms with Crippen LogP contribution in [0.2, 0.25) is 0 Å². The Kier molecular flexibility index (Phi) is 2.40. The van der Waals surface area contributed by atoms with Crippen LogP contribution < -0.4 is 0 Å². The van der Waals surface area contributed by atoms with Gasteiger partial charge >= 0.3 is 0 Å². The first-order chi connectivity index (χ1) is 6.74. The minimum Gasteiger partial charge on any atom is -0.335 e. The molecule has 0 N–H and O–H groups in total. The Hall–Kier alpha value is -1.12. The van der Waals surface area contributed by atoms with Crippen LogP contribution in [-0.4, -0.2) is 15.3 Å². The number of carbonyl (C=O) groups is 1. The molecule has 3 heteroatoms. The lowest BCUT2D eigenvalue weighted by Crippen LogP contribution is -2.13. The Bertz CT molecular complexity index is 343. The van der Waals surface area contributed by atoms with Crippen molar-refractivity contribution < 1.29 is 4.79 Å². The number of hydrogen-bond donors (Lipinski definition) is 0. The maximum Gasteiger partial charge on any atom is 0.136 e. The van der Waals surface area contributed by atoms with Gasteiger partial charge in [0.05, 0.1) is 0 Å². The molecule has 0 aliphatic heterocycles. The highest BCUT2D eigenvalue weighted by Gasteiger charge is 2.34. The summed E-state index contributed by atoms with van der Waals surface area (Å²) in [6, 6.07) is 0. The maximum atomic E-state index is 11.4. The van der Waals surface area contributed by atoms with Crippen LogP contribution in [0.5, 0.6) is 0 Å². The second kappa shape index (κ2) is 3.56. The van der Waals surface area contributed by atoms with E-state index >= 15 is 0 Å². The van der Waals surface area contributed by atoms with Crippen LogP contribution in [0.3, 0.4) is 0 Å². The number of nitrogens with zero attached hydrogens (tertiary/aromatic N) is 2. The molecule has 0 bridgehead atoms. The summed E-state index contributed by atoms with van der Waals surface area (Å²) < 4.78 is 2.14. The molecule has 1 fully saturated rings. The van der Waals surface area contributed by atoms with Gasteiger partial charge in [0, 0.05) is 37.2 Å². The number of Topliss-reactive ketones (excluding diaryl/α,β-unsaturated/α-hetero) is 1. The van der Waals surface area contributed by atoms with Crippen molar-refractivity contribution in [3.63, 3.8) is 0 Å². The van der Waals surface area contributed by atoms with Gasteiger partial charge in [0.1, 0.15) is 11.6 Å². The van der Waals surface area contributed by atoms with Gasteiger partial charge in [-0.2, -0.15) is 0 Å². The Morgan fingerprint density at radius 1 is 1.64 bits per heavy atom. The third kappa shape index (κ3) is 1.37. The van der Waals surface area contributed by atoms with Gasteiger partial charge in [0.2, 0.25) is 0 Å². The monoisotopic (exact) mass is 192 g/mol. The molecule has 0 saturated heterocycles. The molecule has 1 saturated carbocycles. The molecule has 2 unspecified atom stereocenters. The molecule has 2 rings (SSSR count). The van der Waals surface area contributed by atoms with Crippen molar-refractivity contribution >= 4 is 5.78 Å². The zero-order valence-electron chi connectivity index (χ0n) is 8.73. The number of ketones is 1. The molecule has 1 aromatic heterocycles. The second-order valence-electron chi connectivity index (χ2n) is 3.97. The molecule has 1 aromatic rings. The summed E-state index contributed by atoms with van der Waals surface area (Å²) >= 11 is 0. The molecule has 1 aliphatic rings. The molecule has 0 radical (unpaired) electrons. The van der Waals surface area contributed by atoms with E-state index in [9.17, 15) is 4.79 Å². The van der Waals surface area contributed by atoms with Crippen LogP contribution in [0.25, 0.3) is 0 Å². The van der Waals surface area contributed by atoms with E-state index in [4.69, 9.17) is 0 Å². The van der Waals surface area contributed by atoms with E-state index in [0.29, 0.717) is 11.7 Å². The van der Waals surface area contributed by atoms with Gasteiger partial charge in [-0.25, -0.2) is 4.98 Å². The van der Waals surface area contributed by atoms with Crippen LogP contribution in [0.4, 0.5) is 0 Å². The first kappa shape index (κ1) is 9.44. The molecule has 2 atom stereocenters. The molecular formula is C11H16N2O. The summed E-state index contributed by atoms with van der Waals surface area (Å²) in [4.78, 5) is 15.8. The average Bonchev–Trinajstić information content (AvgIpc) is 2.75. The van der Waals surface area contributed by atoms with E-state index in [1.165, 1.54) is 0 Å². The van der Waals surface area contributed by atoms with Crippen molar-refractivity contribution in [2.45, 2.75) is 39.2 Å². The second-order valence-corrected chi connectivity index (χ2v) is 3.97. The van der Waals surface area contributed by atoms with Gasteiger partial charge in [0.25, 0.3) is 0 Å². The lowest BCUT2D eigenvalue weighted by atomic mass is 9.97. The van der Waals surface area contributed by atoms with Crippen molar-refractivity contribution in [2.24, 2.45) is 5.92 Å². The van der Waals surface area contributed by atoms with E-state index in [2.05, 4.69) is 16.5 Å². The number of hydrogen-bond acceptors (Lipinski definition) is 2. The molecule has 3 nitrogen and oxygen atoms in total.